The molecule has 26 heavy (non-hydrogen) atoms. The first-order valence-corrected chi connectivity index (χ1v) is 8.25. The van der Waals surface area contributed by atoms with Crippen molar-refractivity contribution < 1.29 is 4.52 Å². The summed E-state index contributed by atoms with van der Waals surface area (Å²) in [5.74, 6) is 0.352. The number of aryl methyl sites for hydroxylation is 1. The number of halogens is 1. The van der Waals surface area contributed by atoms with Crippen LogP contribution in [0.3, 0.4) is 0 Å². The average molecular weight is 365 g/mol. The zero-order chi connectivity index (χ0) is 18.1. The Balaban J connectivity index is 1.78. The Hall–Kier alpha value is -3.25. The third-order valence-electron chi connectivity index (χ3n) is 3.82. The second kappa shape index (κ2) is 6.57. The summed E-state index contributed by atoms with van der Waals surface area (Å²) in [4.78, 5) is 16.5. The Morgan fingerprint density at radius 3 is 2.73 bits per heavy atom. The predicted octanol–water partition coefficient (Wildman–Crippen LogP) is 3.91. The molecule has 0 N–H and O–H groups in total. The van der Waals surface area contributed by atoms with Gasteiger partial charge in [0.1, 0.15) is 0 Å². The highest BCUT2D eigenvalue weighted by molar-refractivity contribution is 6.33. The number of rotatable bonds is 3. The molecular formula is C19H13ClN4O2. The molecule has 0 radical (unpaired) electrons. The summed E-state index contributed by atoms with van der Waals surface area (Å²) in [6.45, 7) is 1.99. The van der Waals surface area contributed by atoms with Crippen molar-refractivity contribution in [3.8, 4) is 28.7 Å². The highest BCUT2D eigenvalue weighted by atomic mass is 35.5. The van der Waals surface area contributed by atoms with E-state index in [4.69, 9.17) is 16.1 Å². The van der Waals surface area contributed by atoms with Gasteiger partial charge < -0.3 is 4.52 Å². The molecule has 0 bridgehead atoms. The molecule has 0 fully saturated rings. The molecule has 2 heterocycles. The molecule has 128 valence electrons. The molecule has 2 aromatic heterocycles. The van der Waals surface area contributed by atoms with Crippen molar-refractivity contribution >= 4 is 11.6 Å². The van der Waals surface area contributed by atoms with E-state index in [0.717, 1.165) is 11.3 Å². The van der Waals surface area contributed by atoms with Gasteiger partial charge in [-0.05, 0) is 36.8 Å². The molecule has 0 unspecified atom stereocenters. The van der Waals surface area contributed by atoms with E-state index < -0.39 is 0 Å². The maximum atomic E-state index is 12.3. The van der Waals surface area contributed by atoms with Gasteiger partial charge in [0.05, 0.1) is 10.7 Å². The fraction of sp³-hybridized carbons (Fsp3) is 0.0526. The monoisotopic (exact) mass is 364 g/mol. The molecule has 0 saturated heterocycles. The molecule has 0 spiro atoms. The lowest BCUT2D eigenvalue weighted by Gasteiger charge is -2.06. The number of hydrogen-bond donors (Lipinski definition) is 0. The highest BCUT2D eigenvalue weighted by Gasteiger charge is 2.17. The van der Waals surface area contributed by atoms with E-state index in [-0.39, 0.29) is 17.0 Å². The Morgan fingerprint density at radius 2 is 1.92 bits per heavy atom. The third-order valence-corrected chi connectivity index (χ3v) is 4.15. The maximum absolute atomic E-state index is 12.3. The lowest BCUT2D eigenvalue weighted by atomic mass is 10.2. The normalized spacial score (nSPS) is 10.8. The first-order chi connectivity index (χ1) is 12.6. The minimum absolute atomic E-state index is 0.0481. The van der Waals surface area contributed by atoms with Gasteiger partial charge in [-0.3, -0.25) is 4.79 Å². The van der Waals surface area contributed by atoms with Crippen LogP contribution in [0, 0.1) is 6.92 Å². The summed E-state index contributed by atoms with van der Waals surface area (Å²) in [5, 5.41) is 8.78. The van der Waals surface area contributed by atoms with Crippen LogP contribution in [0.4, 0.5) is 0 Å². The van der Waals surface area contributed by atoms with Crippen LogP contribution in [0.2, 0.25) is 5.02 Å². The largest absolute Gasteiger partial charge is 0.332 e. The van der Waals surface area contributed by atoms with Crippen molar-refractivity contribution in [2.75, 3.05) is 0 Å². The van der Waals surface area contributed by atoms with E-state index >= 15 is 0 Å². The van der Waals surface area contributed by atoms with E-state index in [1.807, 2.05) is 43.3 Å². The van der Waals surface area contributed by atoms with Crippen LogP contribution in [0.15, 0.2) is 70.1 Å². The molecule has 0 aliphatic rings. The third kappa shape index (κ3) is 3.02. The molecule has 0 aliphatic carbocycles. The van der Waals surface area contributed by atoms with Crippen LogP contribution < -0.4 is 5.43 Å². The molecule has 4 aromatic rings. The van der Waals surface area contributed by atoms with Crippen molar-refractivity contribution in [2.45, 2.75) is 6.92 Å². The van der Waals surface area contributed by atoms with E-state index in [9.17, 15) is 4.79 Å². The minimum atomic E-state index is -0.303. The average Bonchev–Trinajstić information content (AvgIpc) is 3.12. The van der Waals surface area contributed by atoms with Gasteiger partial charge >= 0.3 is 0 Å². The first-order valence-electron chi connectivity index (χ1n) is 7.88. The molecule has 0 amide bonds. The Morgan fingerprint density at radius 1 is 1.08 bits per heavy atom. The number of hydrogen-bond acceptors (Lipinski definition) is 5. The summed E-state index contributed by atoms with van der Waals surface area (Å²) < 4.78 is 6.86. The summed E-state index contributed by atoms with van der Waals surface area (Å²) in [6, 6.07) is 16.3. The summed E-state index contributed by atoms with van der Waals surface area (Å²) >= 11 is 6.16. The molecule has 0 saturated carbocycles. The molecule has 4 rings (SSSR count). The zero-order valence-electron chi connectivity index (χ0n) is 13.8. The van der Waals surface area contributed by atoms with Gasteiger partial charge in [-0.15, -0.1) is 0 Å². The van der Waals surface area contributed by atoms with E-state index in [0.29, 0.717) is 16.4 Å². The number of benzene rings is 2. The van der Waals surface area contributed by atoms with Gasteiger partial charge in [-0.25, -0.2) is 4.68 Å². The number of nitrogens with zero attached hydrogens (tertiary/aromatic N) is 4. The van der Waals surface area contributed by atoms with Crippen LogP contribution in [-0.4, -0.2) is 19.9 Å². The van der Waals surface area contributed by atoms with Crippen molar-refractivity contribution in [2.24, 2.45) is 0 Å². The predicted molar refractivity (Wildman–Crippen MR) is 98.3 cm³/mol. The van der Waals surface area contributed by atoms with Crippen molar-refractivity contribution in [1.82, 2.24) is 19.9 Å². The fourth-order valence-electron chi connectivity index (χ4n) is 2.54. The van der Waals surface area contributed by atoms with Crippen molar-refractivity contribution in [3.63, 3.8) is 0 Å². The van der Waals surface area contributed by atoms with E-state index in [1.165, 1.54) is 6.07 Å². The zero-order valence-corrected chi connectivity index (χ0v) is 14.5. The van der Waals surface area contributed by atoms with Gasteiger partial charge in [-0.2, -0.15) is 10.1 Å². The summed E-state index contributed by atoms with van der Waals surface area (Å²) in [6.07, 6.45) is 1.60. The number of aromatic nitrogens is 4. The summed E-state index contributed by atoms with van der Waals surface area (Å²) in [7, 11) is 0. The fourth-order valence-corrected chi connectivity index (χ4v) is 2.76. The van der Waals surface area contributed by atoms with Gasteiger partial charge in [-0.1, -0.05) is 41.0 Å². The topological polar surface area (TPSA) is 73.8 Å². The Labute approximate surface area is 153 Å². The Kier molecular flexibility index (Phi) is 4.10. The lowest BCUT2D eigenvalue weighted by molar-refractivity contribution is 0.429. The maximum Gasteiger partial charge on any atom is 0.282 e. The van der Waals surface area contributed by atoms with Crippen LogP contribution in [0.5, 0.6) is 0 Å². The van der Waals surface area contributed by atoms with Gasteiger partial charge in [0.25, 0.3) is 5.89 Å². The lowest BCUT2D eigenvalue weighted by Crippen LogP contribution is -2.12. The van der Waals surface area contributed by atoms with Crippen LogP contribution in [0.1, 0.15) is 5.56 Å². The molecule has 0 aliphatic heterocycles. The van der Waals surface area contributed by atoms with E-state index in [1.54, 1.807) is 23.0 Å². The SMILES string of the molecule is Cc1cccc(-n2ccc(=O)c(-c3nc(-c4ccccc4Cl)no3)n2)c1. The van der Waals surface area contributed by atoms with Gasteiger partial charge in [0.2, 0.25) is 11.3 Å². The molecule has 2 aromatic carbocycles. The minimum Gasteiger partial charge on any atom is -0.332 e. The highest BCUT2D eigenvalue weighted by Crippen LogP contribution is 2.26. The Bertz CT molecular complexity index is 1150. The van der Waals surface area contributed by atoms with Gasteiger partial charge in [0.15, 0.2) is 5.69 Å². The quantitative estimate of drug-likeness (QED) is 0.551. The van der Waals surface area contributed by atoms with Crippen LogP contribution in [0.25, 0.3) is 28.7 Å². The first kappa shape index (κ1) is 16.2. The van der Waals surface area contributed by atoms with Gasteiger partial charge in [0, 0.05) is 17.8 Å². The van der Waals surface area contributed by atoms with Crippen LogP contribution >= 0.6 is 11.6 Å². The smallest absolute Gasteiger partial charge is 0.282 e. The van der Waals surface area contributed by atoms with E-state index in [2.05, 4.69) is 15.2 Å². The van der Waals surface area contributed by atoms with Crippen molar-refractivity contribution in [1.29, 1.82) is 0 Å². The van der Waals surface area contributed by atoms with Crippen LogP contribution in [-0.2, 0) is 0 Å². The molecule has 7 heteroatoms. The second-order valence-corrected chi connectivity index (χ2v) is 6.12. The second-order valence-electron chi connectivity index (χ2n) is 5.72. The molecule has 6 nitrogen and oxygen atoms in total. The van der Waals surface area contributed by atoms with Crippen molar-refractivity contribution in [3.05, 3.63) is 81.6 Å². The standard InChI is InChI=1S/C19H13ClN4O2/c1-12-5-4-6-13(11-12)24-10-9-16(25)17(22-24)19-21-18(23-26-19)14-7-2-3-8-15(14)20/h2-11H,1H3. The summed E-state index contributed by atoms with van der Waals surface area (Å²) in [5.41, 5.74) is 2.32. The molecular weight excluding hydrogens is 352 g/mol. The molecule has 0 atom stereocenters.